The second kappa shape index (κ2) is 5.41. The molecule has 2 aromatic heterocycles. The van der Waals surface area contributed by atoms with Gasteiger partial charge in [0.25, 0.3) is 0 Å². The van der Waals surface area contributed by atoms with Crippen LogP contribution in [0, 0.1) is 5.82 Å². The first kappa shape index (κ1) is 14.8. The van der Waals surface area contributed by atoms with Crippen LogP contribution in [0.3, 0.4) is 0 Å². The van der Waals surface area contributed by atoms with Crippen LogP contribution in [-0.4, -0.2) is 31.8 Å². The van der Waals surface area contributed by atoms with E-state index in [2.05, 4.69) is 15.3 Å². The Morgan fingerprint density at radius 2 is 2.15 bits per heavy atom. The SMILES string of the molecule is CC(Cc1c(F)c2c(Cl)nc(Cl)nc2n1C)NC(=O)O. The first-order valence-electron chi connectivity index (χ1n) is 5.66. The van der Waals surface area contributed by atoms with Crippen LogP contribution >= 0.6 is 23.2 Å². The number of fused-ring (bicyclic) bond motifs is 1. The highest BCUT2D eigenvalue weighted by atomic mass is 35.5. The van der Waals surface area contributed by atoms with Crippen molar-refractivity contribution >= 4 is 40.3 Å². The number of rotatable bonds is 3. The van der Waals surface area contributed by atoms with Crippen LogP contribution in [0.4, 0.5) is 9.18 Å². The molecule has 0 saturated carbocycles. The lowest BCUT2D eigenvalue weighted by Crippen LogP contribution is -2.33. The Balaban J connectivity index is 2.49. The van der Waals surface area contributed by atoms with Crippen molar-refractivity contribution in [3.05, 3.63) is 21.9 Å². The number of nitrogens with one attached hydrogen (secondary N) is 1. The summed E-state index contributed by atoms with van der Waals surface area (Å²) < 4.78 is 15.9. The Hall–Kier alpha value is -1.60. The van der Waals surface area contributed by atoms with Gasteiger partial charge in [-0.15, -0.1) is 0 Å². The van der Waals surface area contributed by atoms with Gasteiger partial charge in [0.05, 0.1) is 11.1 Å². The molecule has 0 aliphatic rings. The molecule has 1 atom stereocenters. The van der Waals surface area contributed by atoms with E-state index in [0.717, 1.165) is 0 Å². The maximum atomic E-state index is 14.4. The Kier molecular flexibility index (Phi) is 4.01. The molecule has 0 aliphatic carbocycles. The number of nitrogens with zero attached hydrogens (tertiary/aromatic N) is 3. The average Bonchev–Trinajstić information content (AvgIpc) is 2.53. The van der Waals surface area contributed by atoms with Crippen molar-refractivity contribution in [1.29, 1.82) is 0 Å². The maximum absolute atomic E-state index is 14.4. The quantitative estimate of drug-likeness (QED) is 0.673. The van der Waals surface area contributed by atoms with Crippen LogP contribution in [0.1, 0.15) is 12.6 Å². The molecule has 2 rings (SSSR count). The van der Waals surface area contributed by atoms with E-state index in [9.17, 15) is 9.18 Å². The Morgan fingerprint density at radius 1 is 1.50 bits per heavy atom. The smallest absolute Gasteiger partial charge is 0.404 e. The van der Waals surface area contributed by atoms with E-state index in [1.54, 1.807) is 14.0 Å². The van der Waals surface area contributed by atoms with Crippen LogP contribution in [0.25, 0.3) is 11.0 Å². The van der Waals surface area contributed by atoms with Crippen molar-refractivity contribution < 1.29 is 14.3 Å². The van der Waals surface area contributed by atoms with Crippen LogP contribution in [-0.2, 0) is 13.5 Å². The second-order valence-electron chi connectivity index (χ2n) is 4.36. The molecule has 0 spiro atoms. The summed E-state index contributed by atoms with van der Waals surface area (Å²) in [5, 5.41) is 10.8. The molecule has 9 heteroatoms. The molecule has 0 fully saturated rings. The van der Waals surface area contributed by atoms with Crippen molar-refractivity contribution in [3.63, 3.8) is 0 Å². The standard InChI is InChI=1S/C11H11Cl2FN4O2/c1-4(15-11(19)20)3-5-7(14)6-8(12)16-10(13)17-9(6)18(5)2/h4,15H,3H2,1-2H3,(H,19,20). The van der Waals surface area contributed by atoms with Crippen LogP contribution in [0.5, 0.6) is 0 Å². The molecule has 6 nitrogen and oxygen atoms in total. The minimum atomic E-state index is -1.17. The zero-order valence-corrected chi connectivity index (χ0v) is 12.1. The van der Waals surface area contributed by atoms with Gasteiger partial charge in [-0.1, -0.05) is 11.6 Å². The highest BCUT2D eigenvalue weighted by Gasteiger charge is 2.22. The minimum absolute atomic E-state index is 0.0711. The van der Waals surface area contributed by atoms with Gasteiger partial charge in [-0.25, -0.2) is 14.2 Å². The van der Waals surface area contributed by atoms with E-state index in [1.165, 1.54) is 4.57 Å². The van der Waals surface area contributed by atoms with Crippen LogP contribution < -0.4 is 5.32 Å². The van der Waals surface area contributed by atoms with E-state index < -0.39 is 18.0 Å². The van der Waals surface area contributed by atoms with E-state index in [0.29, 0.717) is 0 Å². The third-order valence-corrected chi connectivity index (χ3v) is 3.33. The summed E-state index contributed by atoms with van der Waals surface area (Å²) in [5.41, 5.74) is 0.546. The number of hydrogen-bond donors (Lipinski definition) is 2. The van der Waals surface area contributed by atoms with Gasteiger partial charge in [0, 0.05) is 19.5 Å². The predicted molar refractivity (Wildman–Crippen MR) is 72.8 cm³/mol. The molecule has 1 unspecified atom stereocenters. The largest absolute Gasteiger partial charge is 0.465 e. The Bertz CT molecular complexity index is 689. The van der Waals surface area contributed by atoms with Crippen molar-refractivity contribution in [2.75, 3.05) is 0 Å². The summed E-state index contributed by atoms with van der Waals surface area (Å²) in [7, 11) is 1.61. The molecule has 0 saturated heterocycles. The highest BCUT2D eigenvalue weighted by Crippen LogP contribution is 2.29. The highest BCUT2D eigenvalue weighted by molar-refractivity contribution is 6.35. The van der Waals surface area contributed by atoms with Gasteiger partial charge < -0.3 is 15.0 Å². The van der Waals surface area contributed by atoms with E-state index in [4.69, 9.17) is 28.3 Å². The van der Waals surface area contributed by atoms with E-state index >= 15 is 0 Å². The van der Waals surface area contributed by atoms with Gasteiger partial charge >= 0.3 is 6.09 Å². The molecule has 2 heterocycles. The molecule has 2 N–H and O–H groups in total. The third-order valence-electron chi connectivity index (χ3n) is 2.88. The lowest BCUT2D eigenvalue weighted by atomic mass is 10.1. The zero-order valence-electron chi connectivity index (χ0n) is 10.6. The van der Waals surface area contributed by atoms with Crippen molar-refractivity contribution in [2.45, 2.75) is 19.4 Å². The van der Waals surface area contributed by atoms with Gasteiger partial charge in [0.15, 0.2) is 5.82 Å². The molecule has 1 amide bonds. The summed E-state index contributed by atoms with van der Waals surface area (Å²) in [4.78, 5) is 18.2. The summed E-state index contributed by atoms with van der Waals surface area (Å²) >= 11 is 11.6. The number of carboxylic acid groups (broad SMARTS) is 1. The topological polar surface area (TPSA) is 80.0 Å². The lowest BCUT2D eigenvalue weighted by Gasteiger charge is -2.11. The van der Waals surface area contributed by atoms with Gasteiger partial charge in [-0.3, -0.25) is 0 Å². The number of amides is 1. The van der Waals surface area contributed by atoms with Crippen LogP contribution in [0.2, 0.25) is 10.4 Å². The first-order valence-corrected chi connectivity index (χ1v) is 6.42. The molecule has 0 radical (unpaired) electrons. The van der Waals surface area contributed by atoms with Gasteiger partial charge in [-0.2, -0.15) is 4.98 Å². The molecule has 20 heavy (non-hydrogen) atoms. The first-order chi connectivity index (χ1) is 9.31. The van der Waals surface area contributed by atoms with Gasteiger partial charge in [-0.05, 0) is 18.5 Å². The van der Waals surface area contributed by atoms with Crippen molar-refractivity contribution in [3.8, 4) is 0 Å². The summed E-state index contributed by atoms with van der Waals surface area (Å²) in [6.07, 6.45) is -1.02. The number of carbonyl (C=O) groups is 1. The fourth-order valence-electron chi connectivity index (χ4n) is 2.03. The normalized spacial score (nSPS) is 12.7. The molecule has 0 aromatic carbocycles. The number of aromatic nitrogens is 3. The predicted octanol–water partition coefficient (Wildman–Crippen LogP) is 2.61. The number of hydrogen-bond acceptors (Lipinski definition) is 3. The zero-order chi connectivity index (χ0) is 15.0. The minimum Gasteiger partial charge on any atom is -0.465 e. The van der Waals surface area contributed by atoms with Crippen LogP contribution in [0.15, 0.2) is 0 Å². The average molecular weight is 321 g/mol. The lowest BCUT2D eigenvalue weighted by molar-refractivity contribution is 0.190. The molecular formula is C11H11Cl2FN4O2. The molecule has 0 bridgehead atoms. The van der Waals surface area contributed by atoms with Gasteiger partial charge in [0.1, 0.15) is 10.8 Å². The molecular weight excluding hydrogens is 310 g/mol. The second-order valence-corrected chi connectivity index (χ2v) is 5.05. The van der Waals surface area contributed by atoms with Crippen molar-refractivity contribution in [2.24, 2.45) is 7.05 Å². The Morgan fingerprint density at radius 3 is 2.75 bits per heavy atom. The fraction of sp³-hybridized carbons (Fsp3) is 0.364. The Labute approximate surface area is 123 Å². The number of halogens is 3. The third kappa shape index (κ3) is 2.64. The summed E-state index contributed by atoms with van der Waals surface area (Å²) in [5.74, 6) is -0.566. The van der Waals surface area contributed by atoms with E-state index in [-0.39, 0.29) is 33.6 Å². The summed E-state index contributed by atoms with van der Waals surface area (Å²) in [6.45, 7) is 1.63. The van der Waals surface area contributed by atoms with E-state index in [1.807, 2.05) is 0 Å². The van der Waals surface area contributed by atoms with Crippen molar-refractivity contribution in [1.82, 2.24) is 19.9 Å². The summed E-state index contributed by atoms with van der Waals surface area (Å²) in [6, 6.07) is -0.466. The maximum Gasteiger partial charge on any atom is 0.404 e. The molecule has 108 valence electrons. The van der Waals surface area contributed by atoms with Gasteiger partial charge in [0.2, 0.25) is 5.28 Å². The monoisotopic (exact) mass is 320 g/mol. The number of aryl methyl sites for hydroxylation is 1. The molecule has 0 aliphatic heterocycles. The fourth-order valence-corrected chi connectivity index (χ4v) is 2.48. The molecule has 2 aromatic rings.